The normalized spacial score (nSPS) is 20.6. The van der Waals surface area contributed by atoms with E-state index in [0.29, 0.717) is 28.5 Å². The molecule has 1 aromatic carbocycles. The van der Waals surface area contributed by atoms with Crippen molar-refractivity contribution >= 4 is 26.0 Å². The van der Waals surface area contributed by atoms with E-state index >= 15 is 0 Å². The highest BCUT2D eigenvalue weighted by Gasteiger charge is 2.28. The van der Waals surface area contributed by atoms with Crippen LogP contribution < -0.4 is 5.32 Å². The molecule has 0 unspecified atom stereocenters. The molecule has 2 aliphatic rings. The van der Waals surface area contributed by atoms with E-state index in [1.807, 2.05) is 18.2 Å². The van der Waals surface area contributed by atoms with E-state index in [1.54, 1.807) is 4.31 Å². The molecule has 1 aliphatic carbocycles. The van der Waals surface area contributed by atoms with Gasteiger partial charge in [0.2, 0.25) is 10.0 Å². The molecule has 0 amide bonds. The Balaban J connectivity index is 1.82. The zero-order chi connectivity index (χ0) is 14.9. The Morgan fingerprint density at radius 1 is 1.19 bits per heavy atom. The summed E-state index contributed by atoms with van der Waals surface area (Å²) in [6, 6.07) is 6.26. The van der Waals surface area contributed by atoms with Gasteiger partial charge in [-0.3, -0.25) is 0 Å². The maximum Gasteiger partial charge on any atom is 0.244 e. The molecule has 1 heterocycles. The van der Waals surface area contributed by atoms with Crippen LogP contribution in [0.15, 0.2) is 27.6 Å². The van der Waals surface area contributed by atoms with Crippen molar-refractivity contribution < 1.29 is 8.42 Å². The molecule has 1 saturated carbocycles. The SMILES string of the molecule is O=S(=O)(c1cc(CNC2CC2)ccc1Br)N1CCCCC1. The second kappa shape index (κ2) is 6.36. The van der Waals surface area contributed by atoms with E-state index in [9.17, 15) is 8.42 Å². The lowest BCUT2D eigenvalue weighted by Gasteiger charge is -2.26. The fourth-order valence-corrected chi connectivity index (χ4v) is 5.14. The molecule has 3 rings (SSSR count). The number of piperidine rings is 1. The summed E-state index contributed by atoms with van der Waals surface area (Å²) in [5, 5.41) is 3.43. The summed E-state index contributed by atoms with van der Waals surface area (Å²) in [7, 11) is -3.38. The van der Waals surface area contributed by atoms with Crippen molar-refractivity contribution in [2.75, 3.05) is 13.1 Å². The molecule has 21 heavy (non-hydrogen) atoms. The van der Waals surface area contributed by atoms with Crippen molar-refractivity contribution in [3.05, 3.63) is 28.2 Å². The van der Waals surface area contributed by atoms with Crippen molar-refractivity contribution in [2.24, 2.45) is 0 Å². The minimum absolute atomic E-state index is 0.402. The van der Waals surface area contributed by atoms with E-state index in [0.717, 1.165) is 31.4 Å². The van der Waals surface area contributed by atoms with Crippen LogP contribution in [0.5, 0.6) is 0 Å². The molecule has 0 atom stereocenters. The molecule has 0 spiro atoms. The number of nitrogens with one attached hydrogen (secondary N) is 1. The summed E-state index contributed by atoms with van der Waals surface area (Å²) in [5.74, 6) is 0. The third kappa shape index (κ3) is 3.67. The van der Waals surface area contributed by atoms with Gasteiger partial charge in [-0.15, -0.1) is 0 Å². The van der Waals surface area contributed by atoms with Gasteiger partial charge in [-0.05, 0) is 59.3 Å². The van der Waals surface area contributed by atoms with Crippen LogP contribution >= 0.6 is 15.9 Å². The molecule has 0 aromatic heterocycles. The smallest absolute Gasteiger partial charge is 0.244 e. The molecular weight excluding hydrogens is 352 g/mol. The third-order valence-electron chi connectivity index (χ3n) is 4.10. The Bertz CT molecular complexity index is 608. The number of rotatable bonds is 5. The molecule has 116 valence electrons. The number of hydrogen-bond donors (Lipinski definition) is 1. The molecular formula is C15H21BrN2O2S. The first-order valence-corrected chi connectivity index (χ1v) is 9.82. The first kappa shape index (κ1) is 15.5. The maximum atomic E-state index is 12.8. The Morgan fingerprint density at radius 2 is 1.90 bits per heavy atom. The van der Waals surface area contributed by atoms with Crippen molar-refractivity contribution in [3.63, 3.8) is 0 Å². The number of sulfonamides is 1. The van der Waals surface area contributed by atoms with E-state index in [4.69, 9.17) is 0 Å². The molecule has 1 saturated heterocycles. The van der Waals surface area contributed by atoms with Gasteiger partial charge in [-0.1, -0.05) is 12.5 Å². The average molecular weight is 373 g/mol. The molecule has 1 aromatic rings. The van der Waals surface area contributed by atoms with Gasteiger partial charge in [0, 0.05) is 30.1 Å². The van der Waals surface area contributed by atoms with E-state index in [2.05, 4.69) is 21.2 Å². The van der Waals surface area contributed by atoms with Gasteiger partial charge in [-0.2, -0.15) is 4.31 Å². The van der Waals surface area contributed by atoms with Gasteiger partial charge in [0.05, 0.1) is 4.90 Å². The topological polar surface area (TPSA) is 49.4 Å². The van der Waals surface area contributed by atoms with Crippen molar-refractivity contribution in [2.45, 2.75) is 49.6 Å². The van der Waals surface area contributed by atoms with Gasteiger partial charge < -0.3 is 5.32 Å². The van der Waals surface area contributed by atoms with E-state index in [-0.39, 0.29) is 0 Å². The summed E-state index contributed by atoms with van der Waals surface area (Å²) in [6.07, 6.45) is 5.50. The second-order valence-corrected chi connectivity index (χ2v) is 8.65. The largest absolute Gasteiger partial charge is 0.310 e. The summed E-state index contributed by atoms with van der Waals surface area (Å²) >= 11 is 3.40. The first-order chi connectivity index (χ1) is 10.1. The molecule has 2 fully saturated rings. The van der Waals surface area contributed by atoms with Crippen LogP contribution in [0, 0.1) is 0 Å². The highest BCUT2D eigenvalue weighted by atomic mass is 79.9. The van der Waals surface area contributed by atoms with Crippen molar-refractivity contribution in [3.8, 4) is 0 Å². The highest BCUT2D eigenvalue weighted by Crippen LogP contribution is 2.28. The monoisotopic (exact) mass is 372 g/mol. The van der Waals surface area contributed by atoms with Crippen molar-refractivity contribution in [1.29, 1.82) is 0 Å². The predicted molar refractivity (Wildman–Crippen MR) is 86.6 cm³/mol. The number of nitrogens with zero attached hydrogens (tertiary/aromatic N) is 1. The summed E-state index contributed by atoms with van der Waals surface area (Å²) < 4.78 is 27.8. The van der Waals surface area contributed by atoms with Crippen LogP contribution in [0.1, 0.15) is 37.7 Å². The Morgan fingerprint density at radius 3 is 2.57 bits per heavy atom. The highest BCUT2D eigenvalue weighted by molar-refractivity contribution is 9.10. The van der Waals surface area contributed by atoms with Gasteiger partial charge in [0.25, 0.3) is 0 Å². The van der Waals surface area contributed by atoms with Gasteiger partial charge in [0.15, 0.2) is 0 Å². The molecule has 1 aliphatic heterocycles. The van der Waals surface area contributed by atoms with Gasteiger partial charge >= 0.3 is 0 Å². The standard InChI is InChI=1S/C15H21BrN2O2S/c16-14-7-4-12(11-17-13-5-6-13)10-15(14)21(19,20)18-8-2-1-3-9-18/h4,7,10,13,17H,1-3,5-6,8-9,11H2. The predicted octanol–water partition coefficient (Wildman–Crippen LogP) is 2.88. The zero-order valence-corrected chi connectivity index (χ0v) is 14.4. The first-order valence-electron chi connectivity index (χ1n) is 7.59. The maximum absolute atomic E-state index is 12.8. The van der Waals surface area contributed by atoms with Crippen molar-refractivity contribution in [1.82, 2.24) is 9.62 Å². The summed E-state index contributed by atoms with van der Waals surface area (Å²) in [6.45, 7) is 2.01. The lowest BCUT2D eigenvalue weighted by molar-refractivity contribution is 0.346. The van der Waals surface area contributed by atoms with Gasteiger partial charge in [0.1, 0.15) is 0 Å². The molecule has 6 heteroatoms. The van der Waals surface area contributed by atoms with Crippen LogP contribution in [0.2, 0.25) is 0 Å². The fraction of sp³-hybridized carbons (Fsp3) is 0.600. The molecule has 1 N–H and O–H groups in total. The number of halogens is 1. The van der Waals surface area contributed by atoms with Crippen LogP contribution in [-0.2, 0) is 16.6 Å². The van der Waals surface area contributed by atoms with Crippen LogP contribution in [0.4, 0.5) is 0 Å². The Kier molecular flexibility index (Phi) is 4.69. The minimum atomic E-state index is -3.38. The average Bonchev–Trinajstić information content (AvgIpc) is 3.31. The fourth-order valence-electron chi connectivity index (χ4n) is 2.65. The van der Waals surface area contributed by atoms with Crippen LogP contribution in [-0.4, -0.2) is 31.9 Å². The van der Waals surface area contributed by atoms with E-state index < -0.39 is 10.0 Å². The van der Waals surface area contributed by atoms with Gasteiger partial charge in [-0.25, -0.2) is 8.42 Å². The summed E-state index contributed by atoms with van der Waals surface area (Å²) in [5.41, 5.74) is 1.03. The second-order valence-electron chi connectivity index (χ2n) is 5.88. The quantitative estimate of drug-likeness (QED) is 0.864. The lowest BCUT2D eigenvalue weighted by Crippen LogP contribution is -2.35. The molecule has 0 radical (unpaired) electrons. The molecule has 4 nitrogen and oxygen atoms in total. The Hall–Kier alpha value is -0.430. The molecule has 0 bridgehead atoms. The third-order valence-corrected chi connectivity index (χ3v) is 6.99. The van der Waals surface area contributed by atoms with Crippen LogP contribution in [0.25, 0.3) is 0 Å². The number of hydrogen-bond acceptors (Lipinski definition) is 3. The minimum Gasteiger partial charge on any atom is -0.310 e. The van der Waals surface area contributed by atoms with E-state index in [1.165, 1.54) is 12.8 Å². The lowest BCUT2D eigenvalue weighted by atomic mass is 10.2. The zero-order valence-electron chi connectivity index (χ0n) is 12.0. The van der Waals surface area contributed by atoms with Crippen LogP contribution in [0.3, 0.4) is 0 Å². The summed E-state index contributed by atoms with van der Waals surface area (Å²) in [4.78, 5) is 0.402. The number of benzene rings is 1. The Labute approximate surface area is 135 Å².